The molecule has 0 aromatic rings. The molecule has 1 heteroatoms. The predicted octanol–water partition coefficient (Wildman–Crippen LogP) is 3.29. The smallest absolute Gasteiger partial charge is 0.152 e. The largest absolute Gasteiger partial charge is 0.295 e. The quantitative estimate of drug-likeness (QED) is 0.358. The van der Waals surface area contributed by atoms with Gasteiger partial charge < -0.3 is 0 Å². The molecule has 0 radical (unpaired) electrons. The molecule has 1 atom stereocenters. The van der Waals surface area contributed by atoms with Crippen LogP contribution in [0.25, 0.3) is 0 Å². The molecule has 0 spiro atoms. The van der Waals surface area contributed by atoms with Crippen LogP contribution in [0.1, 0.15) is 27.2 Å². The van der Waals surface area contributed by atoms with Crippen LogP contribution in [0.2, 0.25) is 0 Å². The molecule has 0 N–H and O–H groups in total. The van der Waals surface area contributed by atoms with E-state index in [2.05, 4.69) is 19.6 Å². The summed E-state index contributed by atoms with van der Waals surface area (Å²) in [6, 6.07) is 0. The standard InChI is InChI=1S/C12H18O/c1-5-6-10(2)9-11(3)7-8-12(4)13/h5,7-10H,1,6H2,2-4H3/b8-7+,11-9+/t10-/m0/s1. The molecule has 0 unspecified atom stereocenters. The maximum absolute atomic E-state index is 10.6. The fourth-order valence-corrected chi connectivity index (χ4v) is 1.08. The molecule has 1 nitrogen and oxygen atoms in total. The van der Waals surface area contributed by atoms with Crippen LogP contribution in [0.4, 0.5) is 0 Å². The Kier molecular flexibility index (Phi) is 5.86. The third-order valence-corrected chi connectivity index (χ3v) is 1.67. The molecule has 0 amide bonds. The molecule has 0 bridgehead atoms. The van der Waals surface area contributed by atoms with Crippen molar-refractivity contribution in [1.82, 2.24) is 0 Å². The lowest BCUT2D eigenvalue weighted by molar-refractivity contribution is -0.112. The van der Waals surface area contributed by atoms with Crippen molar-refractivity contribution in [3.8, 4) is 0 Å². The van der Waals surface area contributed by atoms with Gasteiger partial charge in [0.15, 0.2) is 5.78 Å². The predicted molar refractivity (Wildman–Crippen MR) is 57.6 cm³/mol. The van der Waals surface area contributed by atoms with E-state index in [1.165, 1.54) is 0 Å². The summed E-state index contributed by atoms with van der Waals surface area (Å²) < 4.78 is 0. The van der Waals surface area contributed by atoms with Crippen LogP contribution in [0.5, 0.6) is 0 Å². The molecule has 0 aliphatic rings. The fraction of sp³-hybridized carbons (Fsp3) is 0.417. The average Bonchev–Trinajstić information content (AvgIpc) is 2.01. The van der Waals surface area contributed by atoms with E-state index >= 15 is 0 Å². The third kappa shape index (κ3) is 7.26. The summed E-state index contributed by atoms with van der Waals surface area (Å²) in [6.07, 6.45) is 8.46. The van der Waals surface area contributed by atoms with Crippen molar-refractivity contribution in [2.24, 2.45) is 5.92 Å². The molecule has 0 fully saturated rings. The Morgan fingerprint density at radius 3 is 2.46 bits per heavy atom. The topological polar surface area (TPSA) is 17.1 Å². The summed E-state index contributed by atoms with van der Waals surface area (Å²) in [5.74, 6) is 0.582. The van der Waals surface area contributed by atoms with Crippen LogP contribution < -0.4 is 0 Å². The third-order valence-electron chi connectivity index (χ3n) is 1.67. The van der Waals surface area contributed by atoms with Crippen LogP contribution >= 0.6 is 0 Å². The van der Waals surface area contributed by atoms with Gasteiger partial charge in [-0.15, -0.1) is 6.58 Å². The summed E-state index contributed by atoms with van der Waals surface area (Å²) in [6.45, 7) is 9.36. The van der Waals surface area contributed by atoms with E-state index in [1.54, 1.807) is 13.0 Å². The van der Waals surface area contributed by atoms with E-state index < -0.39 is 0 Å². The first kappa shape index (κ1) is 11.9. The molecular weight excluding hydrogens is 160 g/mol. The van der Waals surface area contributed by atoms with Crippen LogP contribution in [-0.2, 0) is 4.79 Å². The first-order chi connectivity index (χ1) is 6.06. The lowest BCUT2D eigenvalue weighted by Gasteiger charge is -2.01. The van der Waals surface area contributed by atoms with E-state index in [-0.39, 0.29) is 5.78 Å². The van der Waals surface area contributed by atoms with Crippen molar-refractivity contribution >= 4 is 5.78 Å². The zero-order valence-corrected chi connectivity index (χ0v) is 8.71. The number of hydrogen-bond donors (Lipinski definition) is 0. The van der Waals surface area contributed by atoms with E-state index in [1.807, 2.05) is 19.1 Å². The van der Waals surface area contributed by atoms with Crippen molar-refractivity contribution in [2.45, 2.75) is 27.2 Å². The number of rotatable bonds is 5. The fourth-order valence-electron chi connectivity index (χ4n) is 1.08. The average molecular weight is 178 g/mol. The highest BCUT2D eigenvalue weighted by Gasteiger charge is 1.93. The van der Waals surface area contributed by atoms with Gasteiger partial charge in [0.1, 0.15) is 0 Å². The Bertz CT molecular complexity index is 234. The summed E-state index contributed by atoms with van der Waals surface area (Å²) in [5.41, 5.74) is 1.13. The lowest BCUT2D eigenvalue weighted by Crippen LogP contribution is -1.88. The Labute approximate surface area is 80.8 Å². The summed E-state index contributed by atoms with van der Waals surface area (Å²) in [4.78, 5) is 10.6. The maximum Gasteiger partial charge on any atom is 0.152 e. The monoisotopic (exact) mass is 178 g/mol. The second kappa shape index (κ2) is 6.41. The second-order valence-electron chi connectivity index (χ2n) is 3.36. The van der Waals surface area contributed by atoms with E-state index in [9.17, 15) is 4.79 Å². The normalized spacial score (nSPS) is 14.5. The Morgan fingerprint density at radius 1 is 1.38 bits per heavy atom. The van der Waals surface area contributed by atoms with Gasteiger partial charge in [0.2, 0.25) is 0 Å². The van der Waals surface area contributed by atoms with Gasteiger partial charge in [0.05, 0.1) is 0 Å². The van der Waals surface area contributed by atoms with Crippen molar-refractivity contribution < 1.29 is 4.79 Å². The van der Waals surface area contributed by atoms with Gasteiger partial charge >= 0.3 is 0 Å². The minimum atomic E-state index is 0.0872. The zero-order chi connectivity index (χ0) is 10.3. The molecular formula is C12H18O. The maximum atomic E-state index is 10.6. The zero-order valence-electron chi connectivity index (χ0n) is 8.71. The molecule has 0 saturated heterocycles. The van der Waals surface area contributed by atoms with Crippen LogP contribution in [0.15, 0.2) is 36.5 Å². The van der Waals surface area contributed by atoms with Crippen molar-refractivity contribution in [2.75, 3.05) is 0 Å². The van der Waals surface area contributed by atoms with Gasteiger partial charge in [-0.3, -0.25) is 4.79 Å². The minimum Gasteiger partial charge on any atom is -0.295 e. The number of allylic oxidation sites excluding steroid dienone is 5. The minimum absolute atomic E-state index is 0.0872. The molecule has 72 valence electrons. The van der Waals surface area contributed by atoms with Crippen molar-refractivity contribution in [1.29, 1.82) is 0 Å². The summed E-state index contributed by atoms with van der Waals surface area (Å²) in [5, 5.41) is 0. The molecule has 0 aliphatic heterocycles. The molecule has 0 heterocycles. The first-order valence-corrected chi connectivity index (χ1v) is 4.54. The van der Waals surface area contributed by atoms with Gasteiger partial charge in [0.25, 0.3) is 0 Å². The van der Waals surface area contributed by atoms with Crippen LogP contribution in [0, 0.1) is 5.92 Å². The molecule has 0 aromatic heterocycles. The van der Waals surface area contributed by atoms with Gasteiger partial charge in [-0.25, -0.2) is 0 Å². The molecule has 0 aliphatic carbocycles. The van der Waals surface area contributed by atoms with Gasteiger partial charge in [0, 0.05) is 0 Å². The molecule has 0 aromatic carbocycles. The van der Waals surface area contributed by atoms with Gasteiger partial charge in [-0.2, -0.15) is 0 Å². The van der Waals surface area contributed by atoms with Crippen LogP contribution in [0.3, 0.4) is 0 Å². The molecule has 13 heavy (non-hydrogen) atoms. The molecule has 0 saturated carbocycles. The van der Waals surface area contributed by atoms with Crippen LogP contribution in [-0.4, -0.2) is 5.78 Å². The number of ketones is 1. The highest BCUT2D eigenvalue weighted by molar-refractivity contribution is 5.87. The van der Waals surface area contributed by atoms with Crippen molar-refractivity contribution in [3.05, 3.63) is 36.5 Å². The Morgan fingerprint density at radius 2 is 2.00 bits per heavy atom. The molecule has 0 rings (SSSR count). The lowest BCUT2D eigenvalue weighted by atomic mass is 10.0. The van der Waals surface area contributed by atoms with E-state index in [0.717, 1.165) is 12.0 Å². The van der Waals surface area contributed by atoms with E-state index in [4.69, 9.17) is 0 Å². The Hall–Kier alpha value is -1.11. The van der Waals surface area contributed by atoms with Gasteiger partial charge in [-0.1, -0.05) is 30.7 Å². The highest BCUT2D eigenvalue weighted by atomic mass is 16.1. The summed E-state index contributed by atoms with van der Waals surface area (Å²) in [7, 11) is 0. The highest BCUT2D eigenvalue weighted by Crippen LogP contribution is 2.08. The number of carbonyl (C=O) groups excluding carboxylic acids is 1. The second-order valence-corrected chi connectivity index (χ2v) is 3.36. The Balaban J connectivity index is 4.15. The summed E-state index contributed by atoms with van der Waals surface area (Å²) >= 11 is 0. The van der Waals surface area contributed by atoms with E-state index in [0.29, 0.717) is 5.92 Å². The SMILES string of the molecule is C=CC[C@H](C)/C=C(C)/C=C/C(C)=O. The van der Waals surface area contributed by atoms with Gasteiger partial charge in [-0.05, 0) is 32.3 Å². The number of hydrogen-bond acceptors (Lipinski definition) is 1. The number of carbonyl (C=O) groups is 1. The van der Waals surface area contributed by atoms with Crippen molar-refractivity contribution in [3.63, 3.8) is 0 Å². The first-order valence-electron chi connectivity index (χ1n) is 4.54.